The van der Waals surface area contributed by atoms with Gasteiger partial charge in [-0.05, 0) is 55.3 Å². The van der Waals surface area contributed by atoms with Gasteiger partial charge in [-0.25, -0.2) is 0 Å². The summed E-state index contributed by atoms with van der Waals surface area (Å²) in [6.07, 6.45) is 4.30. The fourth-order valence-electron chi connectivity index (χ4n) is 3.88. The van der Waals surface area contributed by atoms with Gasteiger partial charge in [-0.3, -0.25) is 9.79 Å². The molecule has 2 aromatic carbocycles. The molecule has 0 bridgehead atoms. The zero-order valence-electron chi connectivity index (χ0n) is 16.6. The molecule has 0 spiro atoms. The van der Waals surface area contributed by atoms with Gasteiger partial charge >= 0.3 is 0 Å². The zero-order chi connectivity index (χ0) is 20.0. The van der Waals surface area contributed by atoms with Gasteiger partial charge in [-0.1, -0.05) is 31.0 Å². The number of carbonyl (C=O) groups excluding carboxylic acids is 1. The Morgan fingerprint density at radius 2 is 1.89 bits per heavy atom. The minimum absolute atomic E-state index is 0.0263. The number of halogens is 1. The van der Waals surface area contributed by atoms with E-state index in [9.17, 15) is 4.79 Å². The Bertz CT molecular complexity index is 1090. The van der Waals surface area contributed by atoms with E-state index >= 15 is 0 Å². The SMILES string of the molecule is CC(=O)N1CC(C)=Cc2c1ccc1c2=NC(C(C)C)N(c2ccc(Cl)cc2)C=1. The van der Waals surface area contributed by atoms with Crippen LogP contribution in [0.1, 0.15) is 33.3 Å². The Labute approximate surface area is 170 Å². The summed E-state index contributed by atoms with van der Waals surface area (Å²) >= 11 is 6.07. The van der Waals surface area contributed by atoms with E-state index in [0.717, 1.165) is 38.1 Å². The van der Waals surface area contributed by atoms with Crippen LogP contribution in [-0.4, -0.2) is 18.6 Å². The summed E-state index contributed by atoms with van der Waals surface area (Å²) in [6, 6.07) is 11.9. The van der Waals surface area contributed by atoms with Crippen molar-refractivity contribution in [1.82, 2.24) is 0 Å². The average molecular weight is 394 g/mol. The van der Waals surface area contributed by atoms with Crippen molar-refractivity contribution in [2.75, 3.05) is 16.3 Å². The van der Waals surface area contributed by atoms with Gasteiger partial charge in [0.15, 0.2) is 0 Å². The molecule has 28 heavy (non-hydrogen) atoms. The molecule has 0 radical (unpaired) electrons. The number of fused-ring (bicyclic) bond motifs is 3. The maximum Gasteiger partial charge on any atom is 0.224 e. The molecule has 0 aromatic heterocycles. The van der Waals surface area contributed by atoms with E-state index in [1.165, 1.54) is 0 Å². The lowest BCUT2D eigenvalue weighted by Gasteiger charge is -2.34. The number of hydrogen-bond donors (Lipinski definition) is 0. The van der Waals surface area contributed by atoms with E-state index in [2.05, 4.69) is 44.0 Å². The summed E-state index contributed by atoms with van der Waals surface area (Å²) in [5, 5.41) is 2.74. The topological polar surface area (TPSA) is 35.9 Å². The van der Waals surface area contributed by atoms with Crippen LogP contribution in [0.5, 0.6) is 0 Å². The molecule has 1 unspecified atom stereocenters. The summed E-state index contributed by atoms with van der Waals surface area (Å²) in [6.45, 7) is 8.66. The van der Waals surface area contributed by atoms with Crippen LogP contribution in [0.4, 0.5) is 11.4 Å². The Hall–Kier alpha value is -2.59. The molecule has 4 rings (SSSR count). The lowest BCUT2D eigenvalue weighted by molar-refractivity contribution is -0.116. The number of benzene rings is 2. The van der Waals surface area contributed by atoms with E-state index in [1.807, 2.05) is 35.2 Å². The smallest absolute Gasteiger partial charge is 0.224 e. The third-order valence-electron chi connectivity index (χ3n) is 5.24. The van der Waals surface area contributed by atoms with Crippen LogP contribution in [0.2, 0.25) is 5.02 Å². The van der Waals surface area contributed by atoms with Crippen molar-refractivity contribution in [1.29, 1.82) is 0 Å². The summed E-state index contributed by atoms with van der Waals surface area (Å²) in [5.74, 6) is 0.366. The summed E-state index contributed by atoms with van der Waals surface area (Å²) in [7, 11) is 0. The zero-order valence-corrected chi connectivity index (χ0v) is 17.4. The first-order valence-electron chi connectivity index (χ1n) is 9.57. The molecular formula is C23H24ClN3O. The largest absolute Gasteiger partial charge is 0.324 e. The Morgan fingerprint density at radius 3 is 2.54 bits per heavy atom. The van der Waals surface area contributed by atoms with Crippen molar-refractivity contribution >= 4 is 41.2 Å². The molecule has 2 aliphatic heterocycles. The lowest BCUT2D eigenvalue weighted by atomic mass is 9.99. The van der Waals surface area contributed by atoms with Crippen LogP contribution in [-0.2, 0) is 4.79 Å². The molecule has 1 atom stereocenters. The molecule has 2 heterocycles. The van der Waals surface area contributed by atoms with Crippen molar-refractivity contribution in [2.24, 2.45) is 10.9 Å². The molecule has 2 aromatic rings. The third-order valence-corrected chi connectivity index (χ3v) is 5.49. The normalized spacial score (nSPS) is 18.1. The van der Waals surface area contributed by atoms with Gasteiger partial charge in [0.05, 0.1) is 11.0 Å². The highest BCUT2D eigenvalue weighted by Gasteiger charge is 2.26. The van der Waals surface area contributed by atoms with Crippen molar-refractivity contribution in [3.8, 4) is 0 Å². The van der Waals surface area contributed by atoms with Crippen LogP contribution < -0.4 is 20.4 Å². The average Bonchev–Trinajstić information content (AvgIpc) is 2.66. The van der Waals surface area contributed by atoms with Crippen LogP contribution in [0.3, 0.4) is 0 Å². The van der Waals surface area contributed by atoms with Crippen LogP contribution in [0.25, 0.3) is 12.3 Å². The van der Waals surface area contributed by atoms with Gasteiger partial charge < -0.3 is 9.80 Å². The number of rotatable bonds is 2. The number of hydrogen-bond acceptors (Lipinski definition) is 3. The molecule has 0 N–H and O–H groups in total. The van der Waals surface area contributed by atoms with Crippen molar-refractivity contribution in [3.63, 3.8) is 0 Å². The van der Waals surface area contributed by atoms with Crippen LogP contribution >= 0.6 is 11.6 Å². The summed E-state index contributed by atoms with van der Waals surface area (Å²) in [4.78, 5) is 21.3. The minimum Gasteiger partial charge on any atom is -0.324 e. The van der Waals surface area contributed by atoms with E-state index in [1.54, 1.807) is 6.92 Å². The monoisotopic (exact) mass is 393 g/mol. The lowest BCUT2D eigenvalue weighted by Crippen LogP contribution is -2.46. The second kappa shape index (κ2) is 7.10. The number of anilines is 2. The van der Waals surface area contributed by atoms with E-state index in [4.69, 9.17) is 16.6 Å². The molecule has 0 fully saturated rings. The van der Waals surface area contributed by atoms with Gasteiger partial charge in [-0.15, -0.1) is 0 Å². The third kappa shape index (κ3) is 3.22. The van der Waals surface area contributed by atoms with Crippen molar-refractivity contribution in [3.05, 3.63) is 63.1 Å². The van der Waals surface area contributed by atoms with Gasteiger partial charge in [0, 0.05) is 41.2 Å². The standard InChI is InChI=1S/C23H24ClN3O/c1-14(2)23-25-22-17(13-27(23)19-8-6-18(24)7-9-19)5-10-21-20(22)11-15(3)12-26(21)16(4)28/h5-11,13-14,23H,12H2,1-4H3. The van der Waals surface area contributed by atoms with Crippen LogP contribution in [0, 0.1) is 5.92 Å². The van der Waals surface area contributed by atoms with Gasteiger partial charge in [0.25, 0.3) is 0 Å². The van der Waals surface area contributed by atoms with E-state index in [-0.39, 0.29) is 12.1 Å². The second-order valence-electron chi connectivity index (χ2n) is 7.83. The molecule has 4 nitrogen and oxygen atoms in total. The van der Waals surface area contributed by atoms with Gasteiger partial charge in [0.1, 0.15) is 6.17 Å². The van der Waals surface area contributed by atoms with Crippen molar-refractivity contribution < 1.29 is 4.79 Å². The maximum absolute atomic E-state index is 12.2. The van der Waals surface area contributed by atoms with E-state index in [0.29, 0.717) is 12.5 Å². The first-order chi connectivity index (χ1) is 13.3. The Morgan fingerprint density at radius 1 is 1.18 bits per heavy atom. The molecule has 0 saturated carbocycles. The number of nitrogens with zero attached hydrogens (tertiary/aromatic N) is 3. The second-order valence-corrected chi connectivity index (χ2v) is 8.27. The molecule has 144 valence electrons. The quantitative estimate of drug-likeness (QED) is 0.774. The first-order valence-corrected chi connectivity index (χ1v) is 9.95. The van der Waals surface area contributed by atoms with Crippen LogP contribution in [0.15, 0.2) is 47.0 Å². The van der Waals surface area contributed by atoms with Crippen molar-refractivity contribution in [2.45, 2.75) is 33.9 Å². The molecular weight excluding hydrogens is 370 g/mol. The highest BCUT2D eigenvalue weighted by molar-refractivity contribution is 6.30. The highest BCUT2D eigenvalue weighted by atomic mass is 35.5. The Kier molecular flexibility index (Phi) is 4.76. The molecule has 0 aliphatic carbocycles. The minimum atomic E-state index is -0.0263. The fraction of sp³-hybridized carbons (Fsp3) is 0.304. The number of carbonyl (C=O) groups is 1. The Balaban J connectivity index is 1.93. The molecule has 1 amide bonds. The highest BCUT2D eigenvalue weighted by Crippen LogP contribution is 2.28. The summed E-state index contributed by atoms with van der Waals surface area (Å²) < 4.78 is 0. The number of amides is 1. The van der Waals surface area contributed by atoms with Gasteiger partial charge in [0.2, 0.25) is 5.91 Å². The maximum atomic E-state index is 12.2. The molecule has 2 aliphatic rings. The van der Waals surface area contributed by atoms with Gasteiger partial charge in [-0.2, -0.15) is 0 Å². The first kappa shape index (κ1) is 18.8. The molecule has 0 saturated heterocycles. The fourth-order valence-corrected chi connectivity index (χ4v) is 4.01. The summed E-state index contributed by atoms with van der Waals surface area (Å²) in [5.41, 5.74) is 4.20. The molecule has 5 heteroatoms. The van der Waals surface area contributed by atoms with E-state index < -0.39 is 0 Å². The predicted molar refractivity (Wildman–Crippen MR) is 116 cm³/mol. The predicted octanol–water partition coefficient (Wildman–Crippen LogP) is 3.97.